The Hall–Kier alpha value is -2.66. The van der Waals surface area contributed by atoms with Crippen LogP contribution in [0.4, 0.5) is 0 Å². The lowest BCUT2D eigenvalue weighted by atomic mass is 10.1. The molecule has 4 nitrogen and oxygen atoms in total. The van der Waals surface area contributed by atoms with Gasteiger partial charge in [0.15, 0.2) is 5.11 Å². The molecule has 5 heteroatoms. The molecule has 26 heavy (non-hydrogen) atoms. The molecule has 0 bridgehead atoms. The number of ether oxygens (including phenoxy) is 1. The number of benzene rings is 2. The Morgan fingerprint density at radius 1 is 1.12 bits per heavy atom. The van der Waals surface area contributed by atoms with Crippen LogP contribution in [0.5, 0.6) is 5.75 Å². The van der Waals surface area contributed by atoms with Gasteiger partial charge in [-0.1, -0.05) is 49.4 Å². The first kappa shape index (κ1) is 19.7. The topological polar surface area (TPSA) is 50.4 Å². The van der Waals surface area contributed by atoms with Gasteiger partial charge in [-0.05, 0) is 54.9 Å². The summed E-state index contributed by atoms with van der Waals surface area (Å²) in [4.78, 5) is 12.1. The normalized spacial score (nSPS) is 11.8. The van der Waals surface area contributed by atoms with Crippen LogP contribution in [0.25, 0.3) is 6.08 Å². The van der Waals surface area contributed by atoms with E-state index in [9.17, 15) is 4.79 Å². The summed E-state index contributed by atoms with van der Waals surface area (Å²) in [5, 5.41) is 6.19. The molecule has 0 saturated carbocycles. The minimum atomic E-state index is -0.265. The van der Waals surface area contributed by atoms with Crippen LogP contribution in [0.1, 0.15) is 37.4 Å². The molecule has 0 heterocycles. The SMILES string of the molecule is CCOc1ccc(/C=C/C(=O)NC(=S)NC(CC)c2ccccc2)cc1. The fourth-order valence-corrected chi connectivity index (χ4v) is 2.71. The molecular weight excluding hydrogens is 344 g/mol. The molecule has 0 aliphatic carbocycles. The lowest BCUT2D eigenvalue weighted by Crippen LogP contribution is -2.40. The van der Waals surface area contributed by atoms with Crippen molar-refractivity contribution in [3.63, 3.8) is 0 Å². The summed E-state index contributed by atoms with van der Waals surface area (Å²) in [6, 6.07) is 17.6. The van der Waals surface area contributed by atoms with Crippen molar-refractivity contribution in [3.8, 4) is 5.75 Å². The summed E-state index contributed by atoms with van der Waals surface area (Å²) in [6.07, 6.45) is 4.07. The van der Waals surface area contributed by atoms with E-state index in [0.29, 0.717) is 11.7 Å². The Morgan fingerprint density at radius 3 is 2.42 bits per heavy atom. The number of hydrogen-bond acceptors (Lipinski definition) is 3. The number of hydrogen-bond donors (Lipinski definition) is 2. The van der Waals surface area contributed by atoms with Gasteiger partial charge in [0.2, 0.25) is 5.91 Å². The van der Waals surface area contributed by atoms with Crippen LogP contribution < -0.4 is 15.4 Å². The Morgan fingerprint density at radius 2 is 1.81 bits per heavy atom. The molecule has 0 saturated heterocycles. The highest BCUT2D eigenvalue weighted by molar-refractivity contribution is 7.80. The molecule has 136 valence electrons. The van der Waals surface area contributed by atoms with Gasteiger partial charge in [-0.25, -0.2) is 0 Å². The van der Waals surface area contributed by atoms with Crippen LogP contribution in [0, 0.1) is 0 Å². The molecule has 2 rings (SSSR count). The fraction of sp³-hybridized carbons (Fsp3) is 0.238. The Labute approximate surface area is 160 Å². The average molecular weight is 369 g/mol. The van der Waals surface area contributed by atoms with Crippen molar-refractivity contribution in [2.45, 2.75) is 26.3 Å². The maximum atomic E-state index is 12.1. The summed E-state index contributed by atoms with van der Waals surface area (Å²) in [6.45, 7) is 4.64. The van der Waals surface area contributed by atoms with Crippen molar-refractivity contribution in [3.05, 3.63) is 71.8 Å². The highest BCUT2D eigenvalue weighted by Crippen LogP contribution is 2.15. The quantitative estimate of drug-likeness (QED) is 0.567. The van der Waals surface area contributed by atoms with Gasteiger partial charge >= 0.3 is 0 Å². The van der Waals surface area contributed by atoms with Crippen LogP contribution in [-0.2, 0) is 4.79 Å². The summed E-state index contributed by atoms with van der Waals surface area (Å²) >= 11 is 5.26. The molecule has 0 radical (unpaired) electrons. The van der Waals surface area contributed by atoms with Crippen molar-refractivity contribution in [1.29, 1.82) is 0 Å². The van der Waals surface area contributed by atoms with E-state index in [0.717, 1.165) is 23.3 Å². The number of carbonyl (C=O) groups excluding carboxylic acids is 1. The van der Waals surface area contributed by atoms with Gasteiger partial charge < -0.3 is 10.1 Å². The number of thiocarbonyl (C=S) groups is 1. The van der Waals surface area contributed by atoms with Crippen LogP contribution in [0.3, 0.4) is 0 Å². The minimum Gasteiger partial charge on any atom is -0.494 e. The van der Waals surface area contributed by atoms with E-state index in [-0.39, 0.29) is 11.9 Å². The molecule has 2 aromatic rings. The molecule has 0 aromatic heterocycles. The molecule has 0 aliphatic heterocycles. The first-order valence-corrected chi connectivity index (χ1v) is 9.10. The molecule has 2 N–H and O–H groups in total. The van der Waals surface area contributed by atoms with Crippen molar-refractivity contribution in [2.24, 2.45) is 0 Å². The van der Waals surface area contributed by atoms with Gasteiger partial charge in [-0.3, -0.25) is 10.1 Å². The zero-order chi connectivity index (χ0) is 18.8. The highest BCUT2D eigenvalue weighted by Gasteiger charge is 2.10. The monoisotopic (exact) mass is 368 g/mol. The second-order valence-corrected chi connectivity index (χ2v) is 6.08. The van der Waals surface area contributed by atoms with E-state index < -0.39 is 0 Å². The minimum absolute atomic E-state index is 0.0686. The second-order valence-electron chi connectivity index (χ2n) is 5.67. The third-order valence-electron chi connectivity index (χ3n) is 3.77. The summed E-state index contributed by atoms with van der Waals surface area (Å²) in [7, 11) is 0. The molecule has 0 aliphatic rings. The third kappa shape index (κ3) is 6.33. The predicted molar refractivity (Wildman–Crippen MR) is 110 cm³/mol. The summed E-state index contributed by atoms with van der Waals surface area (Å²) in [5.74, 6) is 0.547. The van der Waals surface area contributed by atoms with E-state index in [1.807, 2.05) is 61.5 Å². The van der Waals surface area contributed by atoms with Crippen molar-refractivity contribution < 1.29 is 9.53 Å². The summed E-state index contributed by atoms with van der Waals surface area (Å²) < 4.78 is 5.39. The van der Waals surface area contributed by atoms with Gasteiger partial charge in [-0.2, -0.15) is 0 Å². The zero-order valence-electron chi connectivity index (χ0n) is 15.1. The lowest BCUT2D eigenvalue weighted by Gasteiger charge is -2.19. The summed E-state index contributed by atoms with van der Waals surface area (Å²) in [5.41, 5.74) is 2.05. The zero-order valence-corrected chi connectivity index (χ0v) is 15.9. The van der Waals surface area contributed by atoms with Gasteiger partial charge in [0, 0.05) is 6.08 Å². The maximum Gasteiger partial charge on any atom is 0.250 e. The first-order chi connectivity index (χ1) is 12.6. The largest absolute Gasteiger partial charge is 0.494 e. The first-order valence-electron chi connectivity index (χ1n) is 8.69. The van der Waals surface area contributed by atoms with Crippen LogP contribution in [0.2, 0.25) is 0 Å². The van der Waals surface area contributed by atoms with Crippen molar-refractivity contribution in [2.75, 3.05) is 6.61 Å². The maximum absolute atomic E-state index is 12.1. The number of rotatable bonds is 7. The molecule has 0 spiro atoms. The molecule has 1 atom stereocenters. The van der Waals surface area contributed by atoms with Gasteiger partial charge in [-0.15, -0.1) is 0 Å². The highest BCUT2D eigenvalue weighted by atomic mass is 32.1. The molecule has 1 unspecified atom stereocenters. The number of carbonyl (C=O) groups is 1. The fourth-order valence-electron chi connectivity index (χ4n) is 2.47. The molecular formula is C21H24N2O2S. The van der Waals surface area contributed by atoms with Crippen LogP contribution >= 0.6 is 12.2 Å². The smallest absolute Gasteiger partial charge is 0.250 e. The average Bonchev–Trinajstić information content (AvgIpc) is 2.66. The van der Waals surface area contributed by atoms with E-state index in [2.05, 4.69) is 17.6 Å². The predicted octanol–water partition coefficient (Wildman–Crippen LogP) is 4.24. The van der Waals surface area contributed by atoms with Gasteiger partial charge in [0.25, 0.3) is 0 Å². The van der Waals surface area contributed by atoms with Crippen molar-refractivity contribution in [1.82, 2.24) is 10.6 Å². The Kier molecular flexibility index (Phi) is 7.83. The second kappa shape index (κ2) is 10.4. The van der Waals surface area contributed by atoms with Crippen molar-refractivity contribution >= 4 is 29.3 Å². The molecule has 2 aromatic carbocycles. The van der Waals surface area contributed by atoms with Gasteiger partial charge in [0.05, 0.1) is 12.6 Å². The Bertz CT molecular complexity index is 742. The van der Waals surface area contributed by atoms with E-state index in [1.165, 1.54) is 6.08 Å². The van der Waals surface area contributed by atoms with E-state index in [1.54, 1.807) is 6.08 Å². The number of amides is 1. The number of nitrogens with one attached hydrogen (secondary N) is 2. The van der Waals surface area contributed by atoms with E-state index >= 15 is 0 Å². The molecule has 1 amide bonds. The molecule has 0 fully saturated rings. The van der Waals surface area contributed by atoms with Crippen LogP contribution in [-0.4, -0.2) is 17.6 Å². The van der Waals surface area contributed by atoms with Gasteiger partial charge in [0.1, 0.15) is 5.75 Å². The van der Waals surface area contributed by atoms with Crippen LogP contribution in [0.15, 0.2) is 60.7 Å². The van der Waals surface area contributed by atoms with E-state index in [4.69, 9.17) is 17.0 Å². The lowest BCUT2D eigenvalue weighted by molar-refractivity contribution is -0.115. The standard InChI is InChI=1S/C21H24N2O2S/c1-3-19(17-8-6-5-7-9-17)22-21(26)23-20(24)15-12-16-10-13-18(14-11-16)25-4-2/h5-15,19H,3-4H2,1-2H3,(H2,22,23,24,26)/b15-12+. The third-order valence-corrected chi connectivity index (χ3v) is 3.99. The Balaban J connectivity index is 1.87.